The molecular weight excluding hydrogens is 775 g/mol. The molecule has 1 fully saturated rings. The second kappa shape index (κ2) is 22.7. The lowest BCUT2D eigenvalue weighted by molar-refractivity contribution is -0.143. The molecule has 2 aliphatic rings. The van der Waals surface area contributed by atoms with E-state index in [0.29, 0.717) is 31.4 Å². The first-order valence-corrected chi connectivity index (χ1v) is 20.9. The van der Waals surface area contributed by atoms with Crippen molar-refractivity contribution in [3.05, 3.63) is 47.5 Å². The largest absolute Gasteiger partial charge is 0.507 e. The Hall–Kier alpha value is -5.55. The van der Waals surface area contributed by atoms with E-state index in [0.717, 1.165) is 37.0 Å². The van der Waals surface area contributed by atoms with Gasteiger partial charge in [-0.2, -0.15) is 0 Å². The quantitative estimate of drug-likeness (QED) is 0.0704. The van der Waals surface area contributed by atoms with E-state index in [-0.39, 0.29) is 72.3 Å². The number of unbranched alkanes of at least 4 members (excludes halogenated alkanes) is 5. The van der Waals surface area contributed by atoms with Crippen molar-refractivity contribution in [1.82, 2.24) is 31.5 Å². The van der Waals surface area contributed by atoms with Gasteiger partial charge in [0, 0.05) is 44.0 Å². The van der Waals surface area contributed by atoms with Crippen LogP contribution in [0.2, 0.25) is 0 Å². The van der Waals surface area contributed by atoms with Crippen LogP contribution >= 0.6 is 0 Å². The second-order valence-electron chi connectivity index (χ2n) is 15.6. The smallest absolute Gasteiger partial charge is 0.248 e. The van der Waals surface area contributed by atoms with E-state index in [2.05, 4.69) is 33.5 Å². The molecule has 2 aromatic rings. The van der Waals surface area contributed by atoms with Gasteiger partial charge in [-0.1, -0.05) is 44.7 Å². The van der Waals surface area contributed by atoms with Crippen molar-refractivity contribution < 1.29 is 48.5 Å². The molecule has 0 aromatic heterocycles. The summed E-state index contributed by atoms with van der Waals surface area (Å²) in [6, 6.07) is 2.73. The lowest BCUT2D eigenvalue weighted by atomic mass is 9.93. The van der Waals surface area contributed by atoms with Gasteiger partial charge in [0.05, 0.1) is 12.6 Å². The number of aromatic hydroxyl groups is 2. The van der Waals surface area contributed by atoms with Gasteiger partial charge >= 0.3 is 0 Å². The van der Waals surface area contributed by atoms with E-state index in [1.807, 2.05) is 0 Å². The third kappa shape index (κ3) is 13.5. The van der Waals surface area contributed by atoms with E-state index < -0.39 is 65.8 Å². The molecule has 0 saturated carbocycles. The summed E-state index contributed by atoms with van der Waals surface area (Å²) in [4.78, 5) is 95.1. The number of Topliss-reactive ketones (excluding diaryl/α,β-unsaturated/α-hetero) is 1. The standard InChI is InChI=1S/C43H61N7O10/c1-5-6-7-8-9-13-36(53)45-20-18-37(54)48-31(12-10-11-19-44)43(59)50(4)38-28-15-17-34(52)30(23-28)29-21-27(14-16-33(29)51)22-32(49-40(56)26(3)47-42(38)58)41(57)46-25(2)39(55)35-24-60-35/h14-17,21,23,25-26,31-32,35,38,51-52H,5-13,18-20,22,24,44H2,1-4H3,(H,45,53)(H,46,57)(H,47,58)(H,48,54)(H,49,56)/t25-,26-,31-,32-,35?,38-/m0/s1. The summed E-state index contributed by atoms with van der Waals surface area (Å²) < 4.78 is 5.06. The minimum Gasteiger partial charge on any atom is -0.507 e. The number of amides is 6. The Balaban J connectivity index is 1.61. The van der Waals surface area contributed by atoms with E-state index in [9.17, 15) is 43.8 Å². The van der Waals surface area contributed by atoms with Crippen LogP contribution in [0.15, 0.2) is 36.4 Å². The van der Waals surface area contributed by atoms with Crippen molar-refractivity contribution in [3.8, 4) is 22.6 Å². The Kier molecular flexibility index (Phi) is 17.8. The Labute approximate surface area is 350 Å². The lowest BCUT2D eigenvalue weighted by Gasteiger charge is -2.32. The zero-order valence-corrected chi connectivity index (χ0v) is 35.0. The minimum absolute atomic E-state index is 0.0730. The monoisotopic (exact) mass is 835 g/mol. The number of epoxide rings is 1. The van der Waals surface area contributed by atoms with E-state index in [1.165, 1.54) is 51.2 Å². The summed E-state index contributed by atoms with van der Waals surface area (Å²) in [7, 11) is 1.38. The molecule has 9 N–H and O–H groups in total. The zero-order chi connectivity index (χ0) is 43.9. The number of rotatable bonds is 20. The molecule has 4 bridgehead atoms. The number of ketones is 1. The SMILES string of the molecule is CCCCCCCC(=O)NCCC(=O)N[C@@H](CCCCN)C(=O)N(C)[C@@H]1C(=O)N[C@@H](C)C(=O)N[C@H](C(=O)N[C@@H](C)C(=O)C2CO2)Cc2ccc(O)c(c2)-c2cc1ccc2O. The molecule has 6 amide bonds. The number of ether oxygens (including phenoxy) is 1. The predicted octanol–water partition coefficient (Wildman–Crippen LogP) is 1.76. The van der Waals surface area contributed by atoms with Crippen molar-refractivity contribution in [2.24, 2.45) is 5.73 Å². The number of phenols is 2. The van der Waals surface area contributed by atoms with Crippen LogP contribution in [-0.4, -0.2) is 113 Å². The van der Waals surface area contributed by atoms with E-state index in [4.69, 9.17) is 10.5 Å². The zero-order valence-electron chi connectivity index (χ0n) is 35.0. The van der Waals surface area contributed by atoms with Crippen molar-refractivity contribution in [2.75, 3.05) is 26.7 Å². The maximum Gasteiger partial charge on any atom is 0.248 e. The van der Waals surface area contributed by atoms with Crippen molar-refractivity contribution in [1.29, 1.82) is 0 Å². The summed E-state index contributed by atoms with van der Waals surface area (Å²) in [5.74, 6) is -4.31. The number of phenolic OH excluding ortho intramolecular Hbond substituents is 2. The number of hydrogen-bond acceptors (Lipinski definition) is 11. The molecular formula is C43H61N7O10. The number of nitrogens with one attached hydrogen (secondary N) is 5. The normalized spacial score (nSPS) is 19.7. The number of benzene rings is 2. The summed E-state index contributed by atoms with van der Waals surface area (Å²) >= 11 is 0. The van der Waals surface area contributed by atoms with Crippen LogP contribution in [0.25, 0.3) is 11.1 Å². The fourth-order valence-corrected chi connectivity index (χ4v) is 7.07. The first kappa shape index (κ1) is 47.1. The van der Waals surface area contributed by atoms with Gasteiger partial charge in [-0.15, -0.1) is 0 Å². The number of carbonyl (C=O) groups excluding carboxylic acids is 7. The first-order chi connectivity index (χ1) is 28.6. The fourth-order valence-electron chi connectivity index (χ4n) is 7.07. The highest BCUT2D eigenvalue weighted by atomic mass is 16.6. The van der Waals surface area contributed by atoms with Gasteiger partial charge in [-0.3, -0.25) is 33.6 Å². The number of nitrogens with zero attached hydrogens (tertiary/aromatic N) is 1. The average Bonchev–Trinajstić information content (AvgIpc) is 4.06. The number of likely N-dealkylation sites (N-methyl/N-ethyl adjacent to an activating group) is 1. The number of hydrogen-bond donors (Lipinski definition) is 8. The molecule has 4 rings (SSSR count). The highest BCUT2D eigenvalue weighted by Crippen LogP contribution is 2.39. The Morgan fingerprint density at radius 1 is 0.883 bits per heavy atom. The van der Waals surface area contributed by atoms with Crippen LogP contribution in [0, 0.1) is 0 Å². The summed E-state index contributed by atoms with van der Waals surface area (Å²) in [6.45, 7) is 5.71. The molecule has 17 nitrogen and oxygen atoms in total. The van der Waals surface area contributed by atoms with Gasteiger partial charge in [0.25, 0.3) is 0 Å². The molecule has 17 heteroatoms. The lowest BCUT2D eigenvalue weighted by Crippen LogP contribution is -2.57. The van der Waals surface area contributed by atoms with Crippen molar-refractivity contribution in [2.45, 2.75) is 128 Å². The molecule has 0 aliphatic carbocycles. The third-order valence-corrected chi connectivity index (χ3v) is 10.7. The highest BCUT2D eigenvalue weighted by Gasteiger charge is 2.38. The third-order valence-electron chi connectivity index (χ3n) is 10.7. The van der Waals surface area contributed by atoms with Gasteiger partial charge in [-0.05, 0) is 81.5 Å². The minimum atomic E-state index is -1.43. The van der Waals surface area contributed by atoms with Crippen LogP contribution in [0.4, 0.5) is 0 Å². The molecule has 2 aliphatic heterocycles. The van der Waals surface area contributed by atoms with Gasteiger partial charge in [0.2, 0.25) is 35.4 Å². The molecule has 1 saturated heterocycles. The Morgan fingerprint density at radius 3 is 2.25 bits per heavy atom. The van der Waals surface area contributed by atoms with Gasteiger partial charge in [0.1, 0.15) is 41.8 Å². The van der Waals surface area contributed by atoms with Crippen LogP contribution in [0.3, 0.4) is 0 Å². The fraction of sp³-hybridized carbons (Fsp3) is 0.558. The van der Waals surface area contributed by atoms with Gasteiger partial charge in [0.15, 0.2) is 5.78 Å². The predicted molar refractivity (Wildman–Crippen MR) is 222 cm³/mol. The summed E-state index contributed by atoms with van der Waals surface area (Å²) in [6.07, 6.45) is 5.77. The van der Waals surface area contributed by atoms with Crippen molar-refractivity contribution >= 4 is 41.2 Å². The second-order valence-corrected chi connectivity index (χ2v) is 15.6. The Morgan fingerprint density at radius 2 is 1.57 bits per heavy atom. The van der Waals surface area contributed by atoms with Crippen LogP contribution in [-0.2, 0) is 44.7 Å². The Bertz CT molecular complexity index is 1870. The number of carbonyl (C=O) groups is 7. The van der Waals surface area contributed by atoms with Crippen LogP contribution in [0.5, 0.6) is 11.5 Å². The van der Waals surface area contributed by atoms with E-state index >= 15 is 0 Å². The van der Waals surface area contributed by atoms with Gasteiger partial charge < -0.3 is 52.2 Å². The maximum atomic E-state index is 14.4. The van der Waals surface area contributed by atoms with Gasteiger partial charge in [-0.25, -0.2) is 0 Å². The molecule has 1 unspecified atom stereocenters. The molecule has 2 aromatic carbocycles. The summed E-state index contributed by atoms with van der Waals surface area (Å²) in [5.41, 5.74) is 6.68. The summed E-state index contributed by atoms with van der Waals surface area (Å²) in [5, 5.41) is 35.6. The maximum absolute atomic E-state index is 14.4. The molecule has 328 valence electrons. The first-order valence-electron chi connectivity index (χ1n) is 20.9. The molecule has 60 heavy (non-hydrogen) atoms. The molecule has 0 radical (unpaired) electrons. The van der Waals surface area contributed by atoms with Crippen molar-refractivity contribution in [3.63, 3.8) is 0 Å². The highest BCUT2D eigenvalue weighted by molar-refractivity contribution is 5.98. The van der Waals surface area contributed by atoms with Crippen LogP contribution < -0.4 is 32.3 Å². The number of fused-ring (bicyclic) bond motifs is 5. The number of nitrogens with two attached hydrogens (primary N) is 1. The molecule has 0 spiro atoms. The topological polar surface area (TPSA) is 262 Å². The van der Waals surface area contributed by atoms with Crippen LogP contribution in [0.1, 0.15) is 102 Å². The van der Waals surface area contributed by atoms with E-state index in [1.54, 1.807) is 6.07 Å². The molecule has 2 heterocycles. The molecule has 6 atom stereocenters. The average molecular weight is 836 g/mol.